The topological polar surface area (TPSA) is 99.8 Å². The lowest BCUT2D eigenvalue weighted by Crippen LogP contribution is -2.30. The highest BCUT2D eigenvalue weighted by molar-refractivity contribution is 8.00. The maximum Gasteiger partial charge on any atom is 0.341 e. The van der Waals surface area contributed by atoms with E-state index in [1.807, 2.05) is 42.5 Å². The fourth-order valence-electron chi connectivity index (χ4n) is 5.00. The predicted octanol–water partition coefficient (Wildman–Crippen LogP) is 7.23. The first-order chi connectivity index (χ1) is 21.8. The Hall–Kier alpha value is -4.03. The molecule has 1 aromatic heterocycles. The maximum atomic E-state index is 13.1. The third kappa shape index (κ3) is 8.79. The molecule has 0 saturated carbocycles. The Morgan fingerprint density at radius 3 is 2.44 bits per heavy atom. The van der Waals surface area contributed by atoms with Gasteiger partial charge in [0.2, 0.25) is 5.91 Å². The van der Waals surface area contributed by atoms with E-state index in [1.165, 1.54) is 35.6 Å². The van der Waals surface area contributed by atoms with Crippen molar-refractivity contribution in [2.45, 2.75) is 38.3 Å². The zero-order valence-corrected chi connectivity index (χ0v) is 27.5. The first-order valence-electron chi connectivity index (χ1n) is 14.6. The van der Waals surface area contributed by atoms with E-state index in [4.69, 9.17) is 17.0 Å². The van der Waals surface area contributed by atoms with Crippen LogP contribution >= 0.6 is 35.3 Å². The van der Waals surface area contributed by atoms with Gasteiger partial charge < -0.3 is 20.7 Å². The summed E-state index contributed by atoms with van der Waals surface area (Å²) in [5.41, 5.74) is 4.87. The number of hydrogen-bond donors (Lipinski definition) is 3. The van der Waals surface area contributed by atoms with E-state index in [-0.39, 0.29) is 24.1 Å². The van der Waals surface area contributed by atoms with Crippen LogP contribution < -0.4 is 16.0 Å². The number of ketones is 1. The molecule has 0 radical (unpaired) electrons. The summed E-state index contributed by atoms with van der Waals surface area (Å²) < 4.78 is 5.38. The summed E-state index contributed by atoms with van der Waals surface area (Å²) in [7, 11) is 0. The van der Waals surface area contributed by atoms with Crippen molar-refractivity contribution in [1.82, 2.24) is 4.90 Å². The number of Topliss-reactive ketones (excluding diaryl/α,β-unsaturated/α-hetero) is 1. The highest BCUT2D eigenvalue weighted by Gasteiger charge is 2.29. The van der Waals surface area contributed by atoms with Crippen LogP contribution in [0.3, 0.4) is 0 Å². The van der Waals surface area contributed by atoms with Gasteiger partial charge in [0.1, 0.15) is 5.00 Å². The fraction of sp³-hybridized carbons (Fsp3) is 0.235. The Morgan fingerprint density at radius 2 is 1.71 bits per heavy atom. The molecule has 0 unspecified atom stereocenters. The summed E-state index contributed by atoms with van der Waals surface area (Å²) >= 11 is 8.31. The van der Waals surface area contributed by atoms with Crippen molar-refractivity contribution in [2.75, 3.05) is 34.9 Å². The molecule has 1 aliphatic rings. The molecule has 0 atom stereocenters. The number of carbonyl (C=O) groups excluding carboxylic acids is 3. The van der Waals surface area contributed by atoms with Crippen LogP contribution in [0.1, 0.15) is 50.6 Å². The first-order valence-corrected chi connectivity index (χ1v) is 16.8. The van der Waals surface area contributed by atoms with Gasteiger partial charge >= 0.3 is 5.97 Å². The summed E-state index contributed by atoms with van der Waals surface area (Å²) in [5, 5.41) is 10.2. The van der Waals surface area contributed by atoms with E-state index in [2.05, 4.69) is 33.0 Å². The van der Waals surface area contributed by atoms with Crippen LogP contribution in [0.25, 0.3) is 0 Å². The molecular weight excluding hydrogens is 625 g/mol. The van der Waals surface area contributed by atoms with E-state index >= 15 is 0 Å². The molecule has 2 heterocycles. The van der Waals surface area contributed by atoms with Gasteiger partial charge in [-0.3, -0.25) is 14.5 Å². The van der Waals surface area contributed by atoms with Gasteiger partial charge in [0, 0.05) is 46.3 Å². The van der Waals surface area contributed by atoms with Gasteiger partial charge in [-0.1, -0.05) is 36.4 Å². The maximum absolute atomic E-state index is 13.1. The second-order valence-corrected chi connectivity index (χ2v) is 13.0. The summed E-state index contributed by atoms with van der Waals surface area (Å²) in [6, 6.07) is 25.0. The van der Waals surface area contributed by atoms with Gasteiger partial charge in [0.15, 0.2) is 10.9 Å². The molecular formula is C34H34N4O4S3. The number of nitrogens with one attached hydrogen (secondary N) is 3. The Balaban J connectivity index is 1.19. The van der Waals surface area contributed by atoms with Crippen molar-refractivity contribution < 1.29 is 19.1 Å². The quantitative estimate of drug-likeness (QED) is 0.0667. The molecule has 1 aliphatic heterocycles. The largest absolute Gasteiger partial charge is 0.462 e. The van der Waals surface area contributed by atoms with Gasteiger partial charge in [0.25, 0.3) is 0 Å². The highest BCUT2D eigenvalue weighted by Crippen LogP contribution is 2.38. The lowest BCUT2D eigenvalue weighted by atomic mass is 10.0. The van der Waals surface area contributed by atoms with Crippen molar-refractivity contribution in [3.8, 4) is 0 Å². The van der Waals surface area contributed by atoms with Crippen LogP contribution in [0.2, 0.25) is 0 Å². The summed E-state index contributed by atoms with van der Waals surface area (Å²) in [4.78, 5) is 41.9. The molecule has 232 valence electrons. The molecule has 0 spiro atoms. The number of ether oxygens (including phenoxy) is 1. The normalized spacial score (nSPS) is 12.6. The number of thiocarbonyl (C=S) groups is 1. The molecule has 0 aliphatic carbocycles. The Labute approximate surface area is 276 Å². The van der Waals surface area contributed by atoms with Gasteiger partial charge in [-0.15, -0.1) is 23.1 Å². The molecule has 45 heavy (non-hydrogen) atoms. The van der Waals surface area contributed by atoms with Gasteiger partial charge in [-0.05, 0) is 86.1 Å². The molecule has 5 rings (SSSR count). The fourth-order valence-corrected chi connectivity index (χ4v) is 7.28. The monoisotopic (exact) mass is 658 g/mol. The third-order valence-corrected chi connectivity index (χ3v) is 9.46. The number of carbonyl (C=O) groups is 3. The Bertz CT molecular complexity index is 1690. The van der Waals surface area contributed by atoms with E-state index in [0.717, 1.165) is 46.2 Å². The number of amides is 1. The van der Waals surface area contributed by atoms with Crippen molar-refractivity contribution in [3.05, 3.63) is 106 Å². The lowest BCUT2D eigenvalue weighted by molar-refractivity contribution is -0.113. The summed E-state index contributed by atoms with van der Waals surface area (Å²) in [5.74, 6) is -0.424. The van der Waals surface area contributed by atoms with Crippen LogP contribution in [-0.2, 0) is 29.0 Å². The number of rotatable bonds is 11. The summed E-state index contributed by atoms with van der Waals surface area (Å²) in [6.45, 7) is 5.94. The minimum Gasteiger partial charge on any atom is -0.462 e. The zero-order chi connectivity index (χ0) is 31.8. The minimum absolute atomic E-state index is 0.00469. The van der Waals surface area contributed by atoms with Gasteiger partial charge in [-0.2, -0.15) is 0 Å². The molecule has 1 amide bonds. The SMILES string of the molecule is CCOC(=O)c1c(NC(=O)CSc2cccc(NC(=S)Nc3ccc(C(C)=O)cc3)c2)sc2c1CCN(Cc1ccccc1)C2. The molecule has 0 saturated heterocycles. The number of fused-ring (bicyclic) bond motifs is 1. The van der Waals surface area contributed by atoms with Crippen LogP contribution in [0, 0.1) is 0 Å². The summed E-state index contributed by atoms with van der Waals surface area (Å²) in [6.07, 6.45) is 0.720. The van der Waals surface area contributed by atoms with E-state index < -0.39 is 5.97 Å². The zero-order valence-electron chi connectivity index (χ0n) is 25.1. The lowest BCUT2D eigenvalue weighted by Gasteiger charge is -2.27. The number of thioether (sulfide) groups is 1. The number of anilines is 3. The molecule has 3 N–H and O–H groups in total. The first kappa shape index (κ1) is 32.4. The van der Waals surface area contributed by atoms with Crippen molar-refractivity contribution >= 4 is 74.5 Å². The number of hydrogen-bond acceptors (Lipinski definition) is 8. The second kappa shape index (κ2) is 15.3. The van der Waals surface area contributed by atoms with Crippen LogP contribution in [-0.4, -0.2) is 46.6 Å². The predicted molar refractivity (Wildman–Crippen MR) is 187 cm³/mol. The van der Waals surface area contributed by atoms with Crippen LogP contribution in [0.15, 0.2) is 83.8 Å². The van der Waals surface area contributed by atoms with E-state index in [1.54, 1.807) is 31.2 Å². The molecule has 8 nitrogen and oxygen atoms in total. The van der Waals surface area contributed by atoms with Crippen molar-refractivity contribution in [2.24, 2.45) is 0 Å². The van der Waals surface area contributed by atoms with Crippen molar-refractivity contribution in [1.29, 1.82) is 0 Å². The molecule has 4 aromatic rings. The number of esters is 1. The number of nitrogens with zero attached hydrogens (tertiary/aromatic N) is 1. The molecule has 0 fully saturated rings. The molecule has 11 heteroatoms. The average molecular weight is 659 g/mol. The highest BCUT2D eigenvalue weighted by atomic mass is 32.2. The van der Waals surface area contributed by atoms with Crippen LogP contribution in [0.4, 0.5) is 16.4 Å². The Kier molecular flexibility index (Phi) is 11.0. The third-order valence-electron chi connectivity index (χ3n) is 7.13. The van der Waals surface area contributed by atoms with Gasteiger partial charge in [-0.25, -0.2) is 4.79 Å². The minimum atomic E-state index is -0.396. The molecule has 0 bridgehead atoms. The number of thiophene rings is 1. The second-order valence-electron chi connectivity index (χ2n) is 10.5. The molecule has 3 aromatic carbocycles. The van der Waals surface area contributed by atoms with Crippen LogP contribution in [0.5, 0.6) is 0 Å². The smallest absolute Gasteiger partial charge is 0.341 e. The van der Waals surface area contributed by atoms with E-state index in [9.17, 15) is 14.4 Å². The number of benzene rings is 3. The standard InChI is InChI=1S/C34H34N4O4S3/c1-3-42-33(41)31-28-16-17-38(19-23-8-5-4-6-9-23)20-29(28)45-32(31)37-30(40)21-44-27-11-7-10-26(18-27)36-34(43)35-25-14-12-24(13-15-25)22(2)39/h4-15,18H,3,16-17,19-21H2,1-2H3,(H,37,40)(H2,35,36,43). The Morgan fingerprint density at radius 1 is 0.956 bits per heavy atom. The van der Waals surface area contributed by atoms with E-state index in [0.29, 0.717) is 27.8 Å². The van der Waals surface area contributed by atoms with Crippen molar-refractivity contribution in [3.63, 3.8) is 0 Å². The van der Waals surface area contributed by atoms with Gasteiger partial charge in [0.05, 0.1) is 17.9 Å². The average Bonchev–Trinajstić information content (AvgIpc) is 3.38.